The summed E-state index contributed by atoms with van der Waals surface area (Å²) in [4.78, 5) is 30.4. The van der Waals surface area contributed by atoms with Crippen LogP contribution in [0.3, 0.4) is 0 Å². The number of H-pyrrole nitrogens is 1. The van der Waals surface area contributed by atoms with Gasteiger partial charge in [0.05, 0.1) is 40.8 Å². The average molecular weight is 458 g/mol. The zero-order valence-corrected chi connectivity index (χ0v) is 19.0. The van der Waals surface area contributed by atoms with E-state index in [9.17, 15) is 9.90 Å². The van der Waals surface area contributed by atoms with Gasteiger partial charge in [0.15, 0.2) is 0 Å². The van der Waals surface area contributed by atoms with E-state index < -0.39 is 12.0 Å². The highest BCUT2D eigenvalue weighted by molar-refractivity contribution is 5.88. The zero-order chi connectivity index (χ0) is 23.5. The molecule has 1 aliphatic heterocycles. The van der Waals surface area contributed by atoms with Crippen molar-refractivity contribution >= 4 is 22.6 Å². The molecule has 0 unspecified atom stereocenters. The van der Waals surface area contributed by atoms with E-state index in [4.69, 9.17) is 0 Å². The summed E-state index contributed by atoms with van der Waals surface area (Å²) in [5.41, 5.74) is 6.39. The van der Waals surface area contributed by atoms with Gasteiger partial charge in [0, 0.05) is 49.4 Å². The van der Waals surface area contributed by atoms with Crippen LogP contribution < -0.4 is 10.6 Å². The maximum Gasteiger partial charge on any atom is 0.322 e. The number of aromatic amines is 1. The van der Waals surface area contributed by atoms with E-state index in [0.29, 0.717) is 19.6 Å². The predicted molar refractivity (Wildman–Crippen MR) is 132 cm³/mol. The summed E-state index contributed by atoms with van der Waals surface area (Å²) in [7, 11) is 0. The SMILES string of the molecule is Cc1cccc(-c2[nH]cnc2-c2ccc3ncc(NCCN4CCN[C@H](C(=O)O)C4)cc3c2)n1. The van der Waals surface area contributed by atoms with Crippen molar-refractivity contribution in [3.63, 3.8) is 0 Å². The third-order valence-electron chi connectivity index (χ3n) is 6.05. The molecule has 0 amide bonds. The quantitative estimate of drug-likeness (QED) is 0.335. The molecule has 34 heavy (non-hydrogen) atoms. The monoisotopic (exact) mass is 457 g/mol. The number of carbonyl (C=O) groups is 1. The van der Waals surface area contributed by atoms with Gasteiger partial charge in [-0.15, -0.1) is 0 Å². The van der Waals surface area contributed by atoms with Gasteiger partial charge in [0.25, 0.3) is 0 Å². The first-order valence-electron chi connectivity index (χ1n) is 11.4. The van der Waals surface area contributed by atoms with Crippen molar-refractivity contribution in [3.05, 3.63) is 60.7 Å². The molecule has 174 valence electrons. The highest BCUT2D eigenvalue weighted by Crippen LogP contribution is 2.30. The van der Waals surface area contributed by atoms with Crippen molar-refractivity contribution < 1.29 is 9.90 Å². The predicted octanol–water partition coefficient (Wildman–Crippen LogP) is 2.77. The van der Waals surface area contributed by atoms with Crippen molar-refractivity contribution in [2.75, 3.05) is 38.0 Å². The fraction of sp³-hybridized carbons (Fsp3) is 0.280. The van der Waals surface area contributed by atoms with E-state index in [0.717, 1.165) is 58.0 Å². The number of piperazine rings is 1. The molecule has 4 aromatic rings. The summed E-state index contributed by atoms with van der Waals surface area (Å²) in [6, 6.07) is 13.7. The van der Waals surface area contributed by atoms with Crippen molar-refractivity contribution in [1.82, 2.24) is 30.2 Å². The van der Waals surface area contributed by atoms with E-state index >= 15 is 0 Å². The van der Waals surface area contributed by atoms with Gasteiger partial charge in [-0.25, -0.2) is 4.98 Å². The van der Waals surface area contributed by atoms with Gasteiger partial charge in [-0.1, -0.05) is 12.1 Å². The van der Waals surface area contributed by atoms with E-state index in [-0.39, 0.29) is 0 Å². The minimum atomic E-state index is -0.801. The summed E-state index contributed by atoms with van der Waals surface area (Å²) in [6.45, 7) is 5.49. The second-order valence-corrected chi connectivity index (χ2v) is 8.49. The smallest absolute Gasteiger partial charge is 0.322 e. The number of rotatable bonds is 7. The van der Waals surface area contributed by atoms with Crippen LogP contribution in [0.5, 0.6) is 0 Å². The fourth-order valence-electron chi connectivity index (χ4n) is 4.30. The van der Waals surface area contributed by atoms with Gasteiger partial charge in [-0.3, -0.25) is 19.7 Å². The number of nitrogens with one attached hydrogen (secondary N) is 3. The molecule has 4 N–H and O–H groups in total. The highest BCUT2D eigenvalue weighted by atomic mass is 16.4. The molecule has 3 aromatic heterocycles. The van der Waals surface area contributed by atoms with Crippen LogP contribution in [0.4, 0.5) is 5.69 Å². The number of aromatic nitrogens is 4. The van der Waals surface area contributed by atoms with E-state index in [1.54, 1.807) is 6.33 Å². The minimum Gasteiger partial charge on any atom is -0.480 e. The molecule has 0 saturated carbocycles. The summed E-state index contributed by atoms with van der Waals surface area (Å²) in [6.07, 6.45) is 3.52. The third kappa shape index (κ3) is 4.75. The first kappa shape index (κ1) is 22.0. The Balaban J connectivity index is 1.31. The number of aryl methyl sites for hydroxylation is 1. The van der Waals surface area contributed by atoms with Crippen LogP contribution in [-0.4, -0.2) is 74.7 Å². The second-order valence-electron chi connectivity index (χ2n) is 8.49. The van der Waals surface area contributed by atoms with Gasteiger partial charge in [0.2, 0.25) is 0 Å². The van der Waals surface area contributed by atoms with Crippen LogP contribution >= 0.6 is 0 Å². The van der Waals surface area contributed by atoms with Crippen LogP contribution in [0, 0.1) is 6.92 Å². The molecule has 0 aliphatic carbocycles. The zero-order valence-electron chi connectivity index (χ0n) is 19.0. The summed E-state index contributed by atoms with van der Waals surface area (Å²) < 4.78 is 0. The number of pyridine rings is 2. The number of hydrogen-bond acceptors (Lipinski definition) is 7. The van der Waals surface area contributed by atoms with E-state index in [2.05, 4.69) is 47.6 Å². The molecule has 1 saturated heterocycles. The topological polar surface area (TPSA) is 119 Å². The van der Waals surface area contributed by atoms with Crippen LogP contribution in [0.2, 0.25) is 0 Å². The van der Waals surface area contributed by atoms with Crippen molar-refractivity contribution in [2.24, 2.45) is 0 Å². The number of benzene rings is 1. The summed E-state index contributed by atoms with van der Waals surface area (Å²) in [5, 5.41) is 16.7. The minimum absolute atomic E-state index is 0.503. The van der Waals surface area contributed by atoms with Crippen molar-refractivity contribution in [2.45, 2.75) is 13.0 Å². The average Bonchev–Trinajstić information content (AvgIpc) is 3.34. The van der Waals surface area contributed by atoms with Gasteiger partial charge in [0.1, 0.15) is 6.04 Å². The Hall–Kier alpha value is -3.82. The maximum atomic E-state index is 11.2. The fourth-order valence-corrected chi connectivity index (χ4v) is 4.30. The maximum absolute atomic E-state index is 11.2. The van der Waals surface area contributed by atoms with Crippen LogP contribution in [0.25, 0.3) is 33.5 Å². The molecule has 1 aliphatic rings. The van der Waals surface area contributed by atoms with Crippen LogP contribution in [0.1, 0.15) is 5.69 Å². The van der Waals surface area contributed by atoms with E-state index in [1.165, 1.54) is 0 Å². The number of aliphatic carboxylic acids is 1. The number of anilines is 1. The molecule has 5 rings (SSSR count). The lowest BCUT2D eigenvalue weighted by Gasteiger charge is -2.31. The number of nitrogens with zero attached hydrogens (tertiary/aromatic N) is 4. The van der Waals surface area contributed by atoms with Gasteiger partial charge >= 0.3 is 5.97 Å². The van der Waals surface area contributed by atoms with Crippen molar-refractivity contribution in [3.8, 4) is 22.6 Å². The Bertz CT molecular complexity index is 1320. The Morgan fingerprint density at radius 1 is 1.24 bits per heavy atom. The molecule has 1 atom stereocenters. The molecular formula is C25H27N7O2. The standard InChI is InChI=1S/C25H27N7O2/c1-16-3-2-4-21(31-16)24-23(29-15-30-24)17-5-6-20-18(11-17)12-19(13-28-20)26-7-9-32-10-8-27-22(14-32)25(33)34/h2-6,11-13,15,22,26-27H,7-10,14H2,1H3,(H,29,30)(H,33,34)/t22-/m0/s1. The Labute approximate surface area is 197 Å². The molecule has 1 fully saturated rings. The second kappa shape index (κ2) is 9.58. The Kier molecular flexibility index (Phi) is 6.20. The lowest BCUT2D eigenvalue weighted by atomic mass is 10.0. The molecular weight excluding hydrogens is 430 g/mol. The largest absolute Gasteiger partial charge is 0.480 e. The first-order valence-corrected chi connectivity index (χ1v) is 11.4. The first-order chi connectivity index (χ1) is 16.6. The number of hydrogen-bond donors (Lipinski definition) is 4. The Morgan fingerprint density at radius 3 is 3.00 bits per heavy atom. The van der Waals surface area contributed by atoms with Crippen molar-refractivity contribution in [1.29, 1.82) is 0 Å². The number of carboxylic acid groups (broad SMARTS) is 1. The van der Waals surface area contributed by atoms with Gasteiger partial charge < -0.3 is 20.7 Å². The van der Waals surface area contributed by atoms with Crippen LogP contribution in [0.15, 0.2) is 55.0 Å². The lowest BCUT2D eigenvalue weighted by Crippen LogP contribution is -2.54. The van der Waals surface area contributed by atoms with Gasteiger partial charge in [-0.05, 0) is 37.3 Å². The molecule has 9 nitrogen and oxygen atoms in total. The molecule has 0 spiro atoms. The normalized spacial score (nSPS) is 16.6. The molecule has 4 heterocycles. The summed E-state index contributed by atoms with van der Waals surface area (Å²) >= 11 is 0. The molecule has 0 radical (unpaired) electrons. The lowest BCUT2D eigenvalue weighted by molar-refractivity contribution is -0.140. The molecule has 9 heteroatoms. The molecule has 0 bridgehead atoms. The van der Waals surface area contributed by atoms with E-state index in [1.807, 2.05) is 43.5 Å². The third-order valence-corrected chi connectivity index (χ3v) is 6.05. The number of fused-ring (bicyclic) bond motifs is 1. The summed E-state index contributed by atoms with van der Waals surface area (Å²) in [5.74, 6) is -0.801. The highest BCUT2D eigenvalue weighted by Gasteiger charge is 2.24. The molecule has 1 aromatic carbocycles. The number of imidazole rings is 1. The number of carboxylic acids is 1. The van der Waals surface area contributed by atoms with Gasteiger partial charge in [-0.2, -0.15) is 0 Å². The Morgan fingerprint density at radius 2 is 2.15 bits per heavy atom. The van der Waals surface area contributed by atoms with Crippen LogP contribution in [-0.2, 0) is 4.79 Å².